The Bertz CT molecular complexity index is 1480. The Hall–Kier alpha value is -4.43. The van der Waals surface area contributed by atoms with Crippen molar-refractivity contribution in [3.63, 3.8) is 0 Å². The van der Waals surface area contributed by atoms with E-state index in [1.807, 2.05) is 66.2 Å². The van der Waals surface area contributed by atoms with Gasteiger partial charge in [0.25, 0.3) is 5.89 Å². The Morgan fingerprint density at radius 2 is 1.80 bits per heavy atom. The van der Waals surface area contributed by atoms with Gasteiger partial charge in [-0.3, -0.25) is 0 Å². The van der Waals surface area contributed by atoms with Crippen LogP contribution in [0.4, 0.5) is 16.2 Å². The fourth-order valence-electron chi connectivity index (χ4n) is 3.55. The molecule has 0 atom stereocenters. The average Bonchev–Trinajstić information content (AvgIpc) is 3.50. The van der Waals surface area contributed by atoms with Gasteiger partial charge in [0.05, 0.1) is 6.33 Å². The predicted molar refractivity (Wildman–Crippen MR) is 135 cm³/mol. The second kappa shape index (κ2) is 9.82. The minimum Gasteiger partial charge on any atom is -0.332 e. The maximum atomic E-state index is 12.2. The highest BCUT2D eigenvalue weighted by molar-refractivity contribution is 6.30. The normalized spacial score (nSPS) is 10.8. The van der Waals surface area contributed by atoms with E-state index < -0.39 is 0 Å². The van der Waals surface area contributed by atoms with E-state index >= 15 is 0 Å². The van der Waals surface area contributed by atoms with Crippen molar-refractivity contribution in [2.45, 2.75) is 13.5 Å². The van der Waals surface area contributed by atoms with Crippen molar-refractivity contribution in [2.75, 3.05) is 10.6 Å². The van der Waals surface area contributed by atoms with E-state index in [9.17, 15) is 4.79 Å². The minimum absolute atomic E-state index is 0.344. The summed E-state index contributed by atoms with van der Waals surface area (Å²) in [5.74, 6) is 0.895. The number of nitrogens with one attached hydrogen (secondary N) is 2. The van der Waals surface area contributed by atoms with E-state index in [-0.39, 0.29) is 6.03 Å². The van der Waals surface area contributed by atoms with E-state index in [1.165, 1.54) is 0 Å². The van der Waals surface area contributed by atoms with Crippen molar-refractivity contribution < 1.29 is 9.32 Å². The van der Waals surface area contributed by atoms with E-state index in [2.05, 4.69) is 25.8 Å². The molecule has 0 saturated heterocycles. The number of carbonyl (C=O) groups is 1. The van der Waals surface area contributed by atoms with E-state index in [4.69, 9.17) is 16.1 Å². The minimum atomic E-state index is -0.344. The molecule has 174 valence electrons. The average molecular weight is 485 g/mol. The van der Waals surface area contributed by atoms with Gasteiger partial charge in [-0.15, -0.1) is 0 Å². The number of nitrogens with zero attached hydrogens (tertiary/aromatic N) is 4. The lowest BCUT2D eigenvalue weighted by molar-refractivity contribution is 0.262. The van der Waals surface area contributed by atoms with Crippen LogP contribution in [-0.4, -0.2) is 25.7 Å². The highest BCUT2D eigenvalue weighted by Crippen LogP contribution is 2.22. The van der Waals surface area contributed by atoms with Crippen LogP contribution in [0, 0.1) is 6.92 Å². The van der Waals surface area contributed by atoms with Crippen LogP contribution in [0.3, 0.4) is 0 Å². The molecule has 2 N–H and O–H groups in total. The Morgan fingerprint density at radius 3 is 2.60 bits per heavy atom. The number of benzene rings is 3. The fraction of sp³-hybridized carbons (Fsp3) is 0.0769. The highest BCUT2D eigenvalue weighted by atomic mass is 35.5. The molecule has 0 aliphatic heterocycles. The van der Waals surface area contributed by atoms with Gasteiger partial charge in [0.2, 0.25) is 5.82 Å². The van der Waals surface area contributed by atoms with Crippen LogP contribution in [0.5, 0.6) is 0 Å². The SMILES string of the molecule is Cc1cccc(-c2noc(-c3cn(Cc4ccc(NC(=O)Nc5cccc(Cl)c5)cc4)cn3)n2)c1. The quantitative estimate of drug-likeness (QED) is 0.296. The largest absolute Gasteiger partial charge is 0.332 e. The van der Waals surface area contributed by atoms with Crippen molar-refractivity contribution in [1.29, 1.82) is 0 Å². The first kappa shape index (κ1) is 22.4. The van der Waals surface area contributed by atoms with Crippen molar-refractivity contribution >= 4 is 29.0 Å². The molecule has 2 aromatic heterocycles. The number of rotatable bonds is 6. The standard InChI is InChI=1S/C26H21ClN6O2/c1-17-4-2-5-19(12-17)24-31-25(35-32-24)23-15-33(16-28-23)14-18-8-10-21(11-9-18)29-26(34)30-22-7-3-6-20(27)13-22/h2-13,15-16H,14H2,1H3,(H2,29,30,34). The Labute approximate surface area is 206 Å². The first-order valence-corrected chi connectivity index (χ1v) is 11.2. The number of amides is 2. The van der Waals surface area contributed by atoms with Gasteiger partial charge in [0.1, 0.15) is 5.69 Å². The van der Waals surface area contributed by atoms with Gasteiger partial charge < -0.3 is 19.7 Å². The van der Waals surface area contributed by atoms with Crippen LogP contribution in [0.2, 0.25) is 5.02 Å². The molecule has 0 aliphatic carbocycles. The maximum absolute atomic E-state index is 12.2. The van der Waals surface area contributed by atoms with Gasteiger partial charge in [-0.2, -0.15) is 4.98 Å². The summed E-state index contributed by atoms with van der Waals surface area (Å²) >= 11 is 5.95. The molecule has 0 spiro atoms. The summed E-state index contributed by atoms with van der Waals surface area (Å²) in [5.41, 5.74) is 4.97. The molecule has 8 nitrogen and oxygen atoms in total. The number of aromatic nitrogens is 4. The number of carbonyl (C=O) groups excluding carboxylic acids is 1. The number of hydrogen-bond donors (Lipinski definition) is 2. The van der Waals surface area contributed by atoms with Crippen LogP contribution in [0.15, 0.2) is 89.8 Å². The van der Waals surface area contributed by atoms with Crippen molar-refractivity contribution in [2.24, 2.45) is 0 Å². The number of aryl methyl sites for hydroxylation is 1. The molecule has 0 saturated carbocycles. The first-order chi connectivity index (χ1) is 17.0. The number of hydrogen-bond acceptors (Lipinski definition) is 5. The van der Waals surface area contributed by atoms with Crippen LogP contribution < -0.4 is 10.6 Å². The summed E-state index contributed by atoms with van der Waals surface area (Å²) in [6.07, 6.45) is 3.58. The van der Waals surface area contributed by atoms with Gasteiger partial charge in [0, 0.05) is 34.7 Å². The molecule has 2 amide bonds. The molecule has 0 unspecified atom stereocenters. The third-order valence-corrected chi connectivity index (χ3v) is 5.45. The molecule has 0 bridgehead atoms. The zero-order valence-electron chi connectivity index (χ0n) is 18.8. The Morgan fingerprint density at radius 1 is 1.00 bits per heavy atom. The number of urea groups is 1. The summed E-state index contributed by atoms with van der Waals surface area (Å²) in [5, 5.41) is 10.2. The lowest BCUT2D eigenvalue weighted by Crippen LogP contribution is -2.19. The van der Waals surface area contributed by atoms with E-state index in [0.717, 1.165) is 16.7 Å². The Kier molecular flexibility index (Phi) is 6.28. The first-order valence-electron chi connectivity index (χ1n) is 10.9. The molecular formula is C26H21ClN6O2. The van der Waals surface area contributed by atoms with Crippen LogP contribution in [0.1, 0.15) is 11.1 Å². The topological polar surface area (TPSA) is 97.9 Å². The van der Waals surface area contributed by atoms with Crippen molar-refractivity contribution in [1.82, 2.24) is 19.7 Å². The Balaban J connectivity index is 1.20. The monoisotopic (exact) mass is 484 g/mol. The predicted octanol–water partition coefficient (Wildman–Crippen LogP) is 6.25. The van der Waals surface area contributed by atoms with Gasteiger partial charge >= 0.3 is 6.03 Å². The van der Waals surface area contributed by atoms with E-state index in [0.29, 0.717) is 40.4 Å². The van der Waals surface area contributed by atoms with Gasteiger partial charge in [0.15, 0.2) is 0 Å². The van der Waals surface area contributed by atoms with Gasteiger partial charge in [-0.25, -0.2) is 9.78 Å². The third kappa shape index (κ3) is 5.56. The molecule has 5 rings (SSSR count). The summed E-state index contributed by atoms with van der Waals surface area (Å²) in [7, 11) is 0. The summed E-state index contributed by atoms with van der Waals surface area (Å²) in [6.45, 7) is 2.62. The molecule has 2 heterocycles. The molecule has 0 fully saturated rings. The fourth-order valence-corrected chi connectivity index (χ4v) is 3.74. The smallest absolute Gasteiger partial charge is 0.323 e. The molecule has 0 radical (unpaired) electrons. The summed E-state index contributed by atoms with van der Waals surface area (Å²) in [6, 6.07) is 22.1. The summed E-state index contributed by atoms with van der Waals surface area (Å²) < 4.78 is 7.35. The van der Waals surface area contributed by atoms with Crippen LogP contribution in [0.25, 0.3) is 23.0 Å². The van der Waals surface area contributed by atoms with E-state index in [1.54, 1.807) is 30.6 Å². The lowest BCUT2D eigenvalue weighted by Gasteiger charge is -2.09. The van der Waals surface area contributed by atoms with Gasteiger partial charge in [-0.05, 0) is 48.9 Å². The van der Waals surface area contributed by atoms with Crippen LogP contribution in [-0.2, 0) is 6.54 Å². The molecule has 5 aromatic rings. The molecule has 3 aromatic carbocycles. The second-order valence-corrected chi connectivity index (χ2v) is 8.45. The highest BCUT2D eigenvalue weighted by Gasteiger charge is 2.13. The van der Waals surface area contributed by atoms with Crippen LogP contribution >= 0.6 is 11.6 Å². The number of imidazole rings is 1. The van der Waals surface area contributed by atoms with Crippen molar-refractivity contribution in [3.8, 4) is 23.0 Å². The molecule has 0 aliphatic rings. The van der Waals surface area contributed by atoms with Gasteiger partial charge in [-0.1, -0.05) is 58.7 Å². The maximum Gasteiger partial charge on any atom is 0.323 e. The molecular weight excluding hydrogens is 464 g/mol. The third-order valence-electron chi connectivity index (χ3n) is 5.21. The lowest BCUT2D eigenvalue weighted by atomic mass is 10.1. The van der Waals surface area contributed by atoms with Crippen molar-refractivity contribution in [3.05, 3.63) is 101 Å². The second-order valence-electron chi connectivity index (χ2n) is 8.01. The molecule has 35 heavy (non-hydrogen) atoms. The zero-order valence-corrected chi connectivity index (χ0v) is 19.5. The molecule has 9 heteroatoms. The number of halogens is 1. The zero-order chi connectivity index (χ0) is 24.2. The summed E-state index contributed by atoms with van der Waals surface area (Å²) in [4.78, 5) is 21.1. The number of anilines is 2.